The van der Waals surface area contributed by atoms with Gasteiger partial charge in [-0.1, -0.05) is 11.6 Å². The van der Waals surface area contributed by atoms with Crippen molar-refractivity contribution in [3.63, 3.8) is 0 Å². The van der Waals surface area contributed by atoms with Crippen molar-refractivity contribution >= 4 is 11.6 Å². The van der Waals surface area contributed by atoms with E-state index in [1.165, 1.54) is 6.33 Å². The minimum Gasteiger partial charge on any atom is -0.261 e. The van der Waals surface area contributed by atoms with Crippen molar-refractivity contribution in [3.8, 4) is 11.3 Å². The number of aryl methyl sites for hydroxylation is 1. The molecule has 2 heterocycles. The van der Waals surface area contributed by atoms with Gasteiger partial charge in [0.1, 0.15) is 11.5 Å². The lowest BCUT2D eigenvalue weighted by molar-refractivity contribution is 1.14. The fourth-order valence-electron chi connectivity index (χ4n) is 1.24. The Morgan fingerprint density at radius 1 is 1.21 bits per heavy atom. The van der Waals surface area contributed by atoms with E-state index < -0.39 is 0 Å². The van der Waals surface area contributed by atoms with Crippen molar-refractivity contribution < 1.29 is 0 Å². The molecule has 2 aromatic heterocycles. The summed E-state index contributed by atoms with van der Waals surface area (Å²) in [5.74, 6) is 0. The van der Waals surface area contributed by atoms with Gasteiger partial charge in [0, 0.05) is 23.5 Å². The highest BCUT2D eigenvalue weighted by Crippen LogP contribution is 2.20. The average molecular weight is 206 g/mol. The molecule has 0 atom stereocenters. The maximum Gasteiger partial charge on any atom is 0.133 e. The molecule has 0 amide bonds. The van der Waals surface area contributed by atoms with Crippen LogP contribution >= 0.6 is 11.6 Å². The largest absolute Gasteiger partial charge is 0.261 e. The molecule has 0 aromatic carbocycles. The highest BCUT2D eigenvalue weighted by molar-refractivity contribution is 6.29. The number of pyridine rings is 1. The lowest BCUT2D eigenvalue weighted by atomic mass is 10.1. The summed E-state index contributed by atoms with van der Waals surface area (Å²) in [7, 11) is 0. The van der Waals surface area contributed by atoms with E-state index in [0.717, 1.165) is 17.0 Å². The maximum atomic E-state index is 5.78. The summed E-state index contributed by atoms with van der Waals surface area (Å²) in [5, 5.41) is 0.443. The van der Waals surface area contributed by atoms with Crippen LogP contribution in [0.2, 0.25) is 5.15 Å². The molecule has 0 saturated carbocycles. The Hall–Kier alpha value is -1.48. The summed E-state index contributed by atoms with van der Waals surface area (Å²) in [6.45, 7) is 1.94. The van der Waals surface area contributed by atoms with Crippen LogP contribution in [0.3, 0.4) is 0 Å². The van der Waals surface area contributed by atoms with Gasteiger partial charge in [0.25, 0.3) is 0 Å². The topological polar surface area (TPSA) is 38.7 Å². The molecule has 0 aliphatic rings. The van der Waals surface area contributed by atoms with Gasteiger partial charge >= 0.3 is 0 Å². The first kappa shape index (κ1) is 9.09. The minimum absolute atomic E-state index is 0.443. The monoisotopic (exact) mass is 205 g/mol. The average Bonchev–Trinajstić information content (AvgIpc) is 2.18. The van der Waals surface area contributed by atoms with Crippen LogP contribution < -0.4 is 0 Å². The van der Waals surface area contributed by atoms with E-state index in [4.69, 9.17) is 11.6 Å². The van der Waals surface area contributed by atoms with Crippen LogP contribution in [-0.2, 0) is 0 Å². The molecular weight excluding hydrogens is 198 g/mol. The van der Waals surface area contributed by atoms with Gasteiger partial charge in [0.2, 0.25) is 0 Å². The lowest BCUT2D eigenvalue weighted by Gasteiger charge is -2.02. The van der Waals surface area contributed by atoms with Gasteiger partial charge in [-0.3, -0.25) is 4.98 Å². The molecule has 0 spiro atoms. The zero-order valence-electron chi connectivity index (χ0n) is 7.61. The number of aromatic nitrogens is 3. The minimum atomic E-state index is 0.443. The molecule has 0 aliphatic heterocycles. The second-order valence-corrected chi connectivity index (χ2v) is 3.25. The normalized spacial score (nSPS) is 10.1. The highest BCUT2D eigenvalue weighted by atomic mass is 35.5. The van der Waals surface area contributed by atoms with Crippen LogP contribution in [0.5, 0.6) is 0 Å². The Labute approximate surface area is 86.8 Å². The van der Waals surface area contributed by atoms with Crippen LogP contribution in [0.25, 0.3) is 11.3 Å². The van der Waals surface area contributed by atoms with Gasteiger partial charge in [-0.05, 0) is 19.1 Å². The number of halogens is 1. The molecule has 0 fully saturated rings. The summed E-state index contributed by atoms with van der Waals surface area (Å²) in [5.41, 5.74) is 2.72. The van der Waals surface area contributed by atoms with Gasteiger partial charge in [-0.15, -0.1) is 0 Å². The summed E-state index contributed by atoms with van der Waals surface area (Å²) >= 11 is 5.78. The molecule has 70 valence electrons. The molecule has 0 radical (unpaired) electrons. The van der Waals surface area contributed by atoms with Crippen molar-refractivity contribution in [1.82, 2.24) is 15.0 Å². The number of hydrogen-bond donors (Lipinski definition) is 0. The molecule has 2 aromatic rings. The lowest BCUT2D eigenvalue weighted by Crippen LogP contribution is -1.90. The molecule has 14 heavy (non-hydrogen) atoms. The summed E-state index contributed by atoms with van der Waals surface area (Å²) in [4.78, 5) is 12.1. The van der Waals surface area contributed by atoms with Crippen LogP contribution in [-0.4, -0.2) is 15.0 Å². The second-order valence-electron chi connectivity index (χ2n) is 2.86. The molecular formula is C10H8ClN3. The first-order valence-electron chi connectivity index (χ1n) is 4.17. The Morgan fingerprint density at radius 3 is 2.79 bits per heavy atom. The maximum absolute atomic E-state index is 5.78. The first-order chi connectivity index (χ1) is 6.77. The van der Waals surface area contributed by atoms with E-state index in [1.807, 2.05) is 19.1 Å². The standard InChI is InChI=1S/C10H8ClN3/c1-7-8(3-2-4-12-7)9-5-10(11)14-6-13-9/h2-6H,1H3. The van der Waals surface area contributed by atoms with Crippen LogP contribution in [0.4, 0.5) is 0 Å². The molecule has 0 aliphatic carbocycles. The van der Waals surface area contributed by atoms with E-state index in [-0.39, 0.29) is 0 Å². The van der Waals surface area contributed by atoms with E-state index in [0.29, 0.717) is 5.15 Å². The van der Waals surface area contributed by atoms with Crippen molar-refractivity contribution in [2.45, 2.75) is 6.92 Å². The van der Waals surface area contributed by atoms with Crippen molar-refractivity contribution in [2.75, 3.05) is 0 Å². The van der Waals surface area contributed by atoms with Crippen LogP contribution in [0.15, 0.2) is 30.7 Å². The van der Waals surface area contributed by atoms with Gasteiger partial charge in [0.05, 0.1) is 5.69 Å². The van der Waals surface area contributed by atoms with E-state index in [1.54, 1.807) is 12.3 Å². The summed E-state index contributed by atoms with van der Waals surface area (Å²) in [6.07, 6.45) is 3.20. The molecule has 0 saturated heterocycles. The Kier molecular flexibility index (Phi) is 2.41. The second kappa shape index (κ2) is 3.72. The fraction of sp³-hybridized carbons (Fsp3) is 0.100. The number of nitrogens with zero attached hydrogens (tertiary/aromatic N) is 3. The molecule has 0 unspecified atom stereocenters. The predicted octanol–water partition coefficient (Wildman–Crippen LogP) is 2.50. The number of hydrogen-bond acceptors (Lipinski definition) is 3. The zero-order chi connectivity index (χ0) is 9.97. The zero-order valence-corrected chi connectivity index (χ0v) is 8.36. The summed E-state index contributed by atoms with van der Waals surface area (Å²) < 4.78 is 0. The Morgan fingerprint density at radius 2 is 2.07 bits per heavy atom. The molecule has 0 N–H and O–H groups in total. The van der Waals surface area contributed by atoms with Crippen LogP contribution in [0, 0.1) is 6.92 Å². The van der Waals surface area contributed by atoms with Crippen molar-refractivity contribution in [2.24, 2.45) is 0 Å². The Balaban J connectivity index is 2.55. The SMILES string of the molecule is Cc1ncccc1-c1cc(Cl)ncn1. The van der Waals surface area contributed by atoms with E-state index in [2.05, 4.69) is 15.0 Å². The molecule has 2 rings (SSSR count). The van der Waals surface area contributed by atoms with Gasteiger partial charge < -0.3 is 0 Å². The third-order valence-corrected chi connectivity index (χ3v) is 2.12. The van der Waals surface area contributed by atoms with Gasteiger partial charge in [0.15, 0.2) is 0 Å². The quantitative estimate of drug-likeness (QED) is 0.672. The first-order valence-corrected chi connectivity index (χ1v) is 4.55. The molecule has 3 nitrogen and oxygen atoms in total. The third-order valence-electron chi connectivity index (χ3n) is 1.92. The molecule has 4 heteroatoms. The van der Waals surface area contributed by atoms with E-state index >= 15 is 0 Å². The van der Waals surface area contributed by atoms with Crippen LogP contribution in [0.1, 0.15) is 5.69 Å². The fourth-order valence-corrected chi connectivity index (χ4v) is 1.38. The molecule has 0 bridgehead atoms. The smallest absolute Gasteiger partial charge is 0.133 e. The van der Waals surface area contributed by atoms with Crippen molar-refractivity contribution in [3.05, 3.63) is 41.6 Å². The van der Waals surface area contributed by atoms with E-state index in [9.17, 15) is 0 Å². The number of rotatable bonds is 1. The van der Waals surface area contributed by atoms with Crippen molar-refractivity contribution in [1.29, 1.82) is 0 Å². The predicted molar refractivity (Wildman–Crippen MR) is 55.0 cm³/mol. The highest BCUT2D eigenvalue weighted by Gasteiger charge is 2.03. The Bertz CT molecular complexity index is 457. The summed E-state index contributed by atoms with van der Waals surface area (Å²) in [6, 6.07) is 5.56. The van der Waals surface area contributed by atoms with Gasteiger partial charge in [-0.25, -0.2) is 9.97 Å². The van der Waals surface area contributed by atoms with Gasteiger partial charge in [-0.2, -0.15) is 0 Å². The third kappa shape index (κ3) is 1.72.